The van der Waals surface area contributed by atoms with Crippen molar-refractivity contribution in [3.8, 4) is 11.8 Å². The fraction of sp³-hybridized carbons (Fsp3) is 0. The fourth-order valence-electron chi connectivity index (χ4n) is 10.6. The molecular formula is C69H43N7. The van der Waals surface area contributed by atoms with Crippen LogP contribution in [0.3, 0.4) is 0 Å². The summed E-state index contributed by atoms with van der Waals surface area (Å²) in [4.78, 5) is 14.2. The van der Waals surface area contributed by atoms with Gasteiger partial charge in [0.1, 0.15) is 0 Å². The molecule has 0 saturated heterocycles. The zero-order valence-electron chi connectivity index (χ0n) is 41.0. The van der Waals surface area contributed by atoms with E-state index in [0.717, 1.165) is 111 Å². The second-order valence-corrected chi connectivity index (χ2v) is 18.8. The molecule has 0 aliphatic rings. The Labute approximate surface area is 440 Å². The zero-order valence-corrected chi connectivity index (χ0v) is 41.0. The summed E-state index contributed by atoms with van der Waals surface area (Å²) in [5.41, 5.74) is 13.4. The second kappa shape index (κ2) is 18.9. The molecule has 7 heteroatoms. The number of aromatic nitrogens is 1. The molecule has 354 valence electrons. The van der Waals surface area contributed by atoms with E-state index in [2.05, 4.69) is 223 Å². The van der Waals surface area contributed by atoms with Crippen LogP contribution in [0.2, 0.25) is 0 Å². The predicted octanol–water partition coefficient (Wildman–Crippen LogP) is 19.6. The van der Waals surface area contributed by atoms with Crippen molar-refractivity contribution in [1.82, 2.24) is 4.57 Å². The zero-order chi connectivity index (χ0) is 51.1. The van der Waals surface area contributed by atoms with Gasteiger partial charge in [0.15, 0.2) is 11.4 Å². The number of benzene rings is 12. The molecule has 0 atom stereocenters. The van der Waals surface area contributed by atoms with Crippen LogP contribution < -0.4 is 14.7 Å². The van der Waals surface area contributed by atoms with Gasteiger partial charge in [-0.1, -0.05) is 127 Å². The SMILES string of the molecule is [C-]#[N+]c1ccc(N(c2ccc(-n3c4cc(N(c5ccc(C#N)cc5)c5ccc6ccccc6c5)ccc4c4ccc(N(c5ccc([N+]#[C-])cc5)c5ccc6ccccc6c5)cc43)cc2)c2ccc3ccccc3c2)cc1. The molecule has 0 aliphatic carbocycles. The van der Waals surface area contributed by atoms with Crippen molar-refractivity contribution < 1.29 is 0 Å². The minimum Gasteiger partial charge on any atom is -0.311 e. The van der Waals surface area contributed by atoms with Gasteiger partial charge >= 0.3 is 0 Å². The molecule has 0 amide bonds. The third-order valence-electron chi connectivity index (χ3n) is 14.3. The van der Waals surface area contributed by atoms with Gasteiger partial charge in [-0.05, 0) is 166 Å². The van der Waals surface area contributed by atoms with Gasteiger partial charge < -0.3 is 19.3 Å². The van der Waals surface area contributed by atoms with Crippen LogP contribution in [0.15, 0.2) is 261 Å². The molecule has 12 aromatic carbocycles. The highest BCUT2D eigenvalue weighted by Crippen LogP contribution is 2.45. The summed E-state index contributed by atoms with van der Waals surface area (Å²) in [6.07, 6.45) is 0. The van der Waals surface area contributed by atoms with Crippen LogP contribution >= 0.6 is 0 Å². The predicted molar refractivity (Wildman–Crippen MR) is 315 cm³/mol. The molecule has 1 aromatic heterocycles. The van der Waals surface area contributed by atoms with Crippen LogP contribution in [-0.4, -0.2) is 4.57 Å². The van der Waals surface area contributed by atoms with Crippen LogP contribution in [0, 0.1) is 24.5 Å². The van der Waals surface area contributed by atoms with Gasteiger partial charge in [-0.15, -0.1) is 0 Å². The van der Waals surface area contributed by atoms with E-state index in [1.165, 1.54) is 0 Å². The summed E-state index contributed by atoms with van der Waals surface area (Å²) in [5, 5.41) is 18.9. The Kier molecular flexibility index (Phi) is 11.2. The molecule has 1 heterocycles. The van der Waals surface area contributed by atoms with Gasteiger partial charge in [-0.2, -0.15) is 5.26 Å². The van der Waals surface area contributed by atoms with Crippen LogP contribution in [0.5, 0.6) is 0 Å². The lowest BCUT2D eigenvalue weighted by atomic mass is 10.1. The van der Waals surface area contributed by atoms with Crippen molar-refractivity contribution in [1.29, 1.82) is 5.26 Å². The lowest BCUT2D eigenvalue weighted by Crippen LogP contribution is -2.11. The average Bonchev–Trinajstić information content (AvgIpc) is 3.84. The topological polar surface area (TPSA) is 47.2 Å². The minimum atomic E-state index is 0.579. The molecule has 0 fully saturated rings. The second-order valence-electron chi connectivity index (χ2n) is 18.8. The lowest BCUT2D eigenvalue weighted by molar-refractivity contribution is 1.17. The van der Waals surface area contributed by atoms with E-state index in [4.69, 9.17) is 13.1 Å². The Morgan fingerprint density at radius 2 is 0.618 bits per heavy atom. The summed E-state index contributed by atoms with van der Waals surface area (Å²) < 4.78 is 2.37. The molecule has 13 rings (SSSR count). The first-order chi connectivity index (χ1) is 37.5. The Balaban J connectivity index is 1.03. The molecule has 0 radical (unpaired) electrons. The van der Waals surface area contributed by atoms with Crippen LogP contribution in [-0.2, 0) is 0 Å². The van der Waals surface area contributed by atoms with Crippen molar-refractivity contribution in [3.63, 3.8) is 0 Å². The minimum absolute atomic E-state index is 0.579. The van der Waals surface area contributed by atoms with E-state index < -0.39 is 0 Å². The van der Waals surface area contributed by atoms with Crippen molar-refractivity contribution in [3.05, 3.63) is 289 Å². The largest absolute Gasteiger partial charge is 0.311 e. The van der Waals surface area contributed by atoms with Crippen molar-refractivity contribution in [2.24, 2.45) is 0 Å². The van der Waals surface area contributed by atoms with Crippen molar-refractivity contribution >= 4 is 117 Å². The van der Waals surface area contributed by atoms with Crippen LogP contribution in [0.1, 0.15) is 5.56 Å². The van der Waals surface area contributed by atoms with Gasteiger partial charge in [0.25, 0.3) is 0 Å². The summed E-state index contributed by atoms with van der Waals surface area (Å²) >= 11 is 0. The molecule has 0 unspecified atom stereocenters. The number of anilines is 9. The lowest BCUT2D eigenvalue weighted by Gasteiger charge is -2.27. The first-order valence-corrected chi connectivity index (χ1v) is 25.0. The standard InChI is InChI=1S/C69H43N7/c1-71-54-20-29-57(30-21-54)73(61-26-17-48-9-3-6-12-51(48)41-61)59-33-35-60(36-34-59)76-68-44-64(74(56-24-15-47(46-70)16-25-56)62-27-18-49-10-4-7-13-52(49)42-62)37-39-66(68)67-40-38-65(45-69(67)76)75(58-31-22-55(72-2)23-32-58)63-28-19-50-11-5-8-14-53(50)43-63/h3-45H. The summed E-state index contributed by atoms with van der Waals surface area (Å²) in [5.74, 6) is 0. The first-order valence-electron chi connectivity index (χ1n) is 25.0. The maximum Gasteiger partial charge on any atom is 0.187 e. The van der Waals surface area contributed by atoms with Gasteiger partial charge in [0, 0.05) is 67.6 Å². The molecule has 76 heavy (non-hydrogen) atoms. The smallest absolute Gasteiger partial charge is 0.187 e. The number of hydrogen-bond acceptors (Lipinski definition) is 4. The average molecular weight is 970 g/mol. The van der Waals surface area contributed by atoms with Gasteiger partial charge in [-0.25, -0.2) is 9.69 Å². The van der Waals surface area contributed by atoms with Gasteiger partial charge in [0.05, 0.1) is 35.8 Å². The highest BCUT2D eigenvalue weighted by Gasteiger charge is 2.22. The highest BCUT2D eigenvalue weighted by molar-refractivity contribution is 6.12. The third kappa shape index (κ3) is 8.12. The first kappa shape index (κ1) is 45.0. The Morgan fingerprint density at radius 1 is 0.316 bits per heavy atom. The normalized spacial score (nSPS) is 11.1. The molecule has 7 nitrogen and oxygen atoms in total. The number of nitriles is 1. The number of rotatable bonds is 10. The summed E-state index contributed by atoms with van der Waals surface area (Å²) in [6.45, 7) is 15.4. The van der Waals surface area contributed by atoms with Crippen LogP contribution in [0.4, 0.5) is 62.6 Å². The summed E-state index contributed by atoms with van der Waals surface area (Å²) in [6, 6.07) is 92.6. The van der Waals surface area contributed by atoms with Crippen molar-refractivity contribution in [2.75, 3.05) is 14.7 Å². The third-order valence-corrected chi connectivity index (χ3v) is 14.3. The molecule has 0 saturated carbocycles. The number of hydrogen-bond donors (Lipinski definition) is 0. The quantitative estimate of drug-likeness (QED) is 0.128. The fourth-order valence-corrected chi connectivity index (χ4v) is 10.6. The molecule has 0 bridgehead atoms. The Morgan fingerprint density at radius 3 is 0.987 bits per heavy atom. The molecule has 0 spiro atoms. The molecule has 0 N–H and O–H groups in total. The Hall–Kier alpha value is -10.9. The molecule has 0 aliphatic heterocycles. The number of fused-ring (bicyclic) bond motifs is 6. The van der Waals surface area contributed by atoms with E-state index in [1.807, 2.05) is 72.8 Å². The monoisotopic (exact) mass is 969 g/mol. The maximum absolute atomic E-state index is 9.82. The Bertz CT molecular complexity index is 4300. The highest BCUT2D eigenvalue weighted by atomic mass is 15.2. The van der Waals surface area contributed by atoms with E-state index in [0.29, 0.717) is 16.9 Å². The van der Waals surface area contributed by atoms with Crippen molar-refractivity contribution in [2.45, 2.75) is 0 Å². The van der Waals surface area contributed by atoms with E-state index in [1.54, 1.807) is 0 Å². The molecular weight excluding hydrogens is 927 g/mol. The van der Waals surface area contributed by atoms with E-state index in [-0.39, 0.29) is 0 Å². The number of nitrogens with zero attached hydrogens (tertiary/aromatic N) is 7. The van der Waals surface area contributed by atoms with E-state index >= 15 is 0 Å². The molecule has 13 aromatic rings. The van der Waals surface area contributed by atoms with Crippen LogP contribution in [0.25, 0.3) is 69.5 Å². The summed E-state index contributed by atoms with van der Waals surface area (Å²) in [7, 11) is 0. The van der Waals surface area contributed by atoms with Gasteiger partial charge in [0.2, 0.25) is 0 Å². The maximum atomic E-state index is 9.82. The van der Waals surface area contributed by atoms with E-state index in [9.17, 15) is 5.26 Å². The van der Waals surface area contributed by atoms with Gasteiger partial charge in [-0.3, -0.25) is 0 Å².